The van der Waals surface area contributed by atoms with Crippen LogP contribution in [0.4, 0.5) is 11.5 Å². The van der Waals surface area contributed by atoms with Crippen molar-refractivity contribution in [1.29, 1.82) is 0 Å². The maximum Gasteiger partial charge on any atom is 0.259 e. The molecule has 2 aromatic carbocycles. The van der Waals surface area contributed by atoms with Gasteiger partial charge in [0, 0.05) is 24.3 Å². The number of hydrogen-bond acceptors (Lipinski definition) is 5. The van der Waals surface area contributed by atoms with E-state index < -0.39 is 0 Å². The molecule has 0 spiro atoms. The number of anilines is 2. The Hall–Kier alpha value is -4.00. The minimum Gasteiger partial charge on any atom is -0.355 e. The third-order valence-electron chi connectivity index (χ3n) is 6.45. The van der Waals surface area contributed by atoms with Crippen LogP contribution < -0.4 is 10.2 Å². The summed E-state index contributed by atoms with van der Waals surface area (Å²) in [5.41, 5.74) is 4.74. The molecule has 4 aromatic rings. The van der Waals surface area contributed by atoms with Crippen LogP contribution in [0.15, 0.2) is 72.9 Å². The van der Waals surface area contributed by atoms with E-state index in [1.165, 1.54) is 12.8 Å². The lowest BCUT2D eigenvalue weighted by molar-refractivity contribution is 0.102. The molecule has 0 atom stereocenters. The average Bonchev–Trinajstić information content (AvgIpc) is 3.27. The van der Waals surface area contributed by atoms with E-state index in [0.29, 0.717) is 11.3 Å². The molecule has 5 rings (SSSR count). The van der Waals surface area contributed by atoms with Crippen molar-refractivity contribution in [2.24, 2.45) is 5.92 Å². The maximum atomic E-state index is 12.9. The van der Waals surface area contributed by atoms with Crippen molar-refractivity contribution in [1.82, 2.24) is 20.0 Å². The summed E-state index contributed by atoms with van der Waals surface area (Å²) in [4.78, 5) is 15.2. The van der Waals surface area contributed by atoms with Gasteiger partial charge in [-0.2, -0.15) is 5.10 Å². The van der Waals surface area contributed by atoms with Gasteiger partial charge in [0.15, 0.2) is 5.82 Å². The molecule has 3 heterocycles. The van der Waals surface area contributed by atoms with Gasteiger partial charge in [0.25, 0.3) is 5.91 Å². The second-order valence-electron chi connectivity index (χ2n) is 8.87. The highest BCUT2D eigenvalue weighted by Crippen LogP contribution is 2.24. The summed E-state index contributed by atoms with van der Waals surface area (Å²) in [6, 6.07) is 21.5. The van der Waals surface area contributed by atoms with Crippen LogP contribution in [0.2, 0.25) is 0 Å². The van der Waals surface area contributed by atoms with Gasteiger partial charge in [-0.3, -0.25) is 4.79 Å². The first kappa shape index (κ1) is 21.8. The first-order valence-electron chi connectivity index (χ1n) is 11.7. The third kappa shape index (κ3) is 4.55. The molecule has 34 heavy (non-hydrogen) atoms. The first-order chi connectivity index (χ1) is 16.6. The largest absolute Gasteiger partial charge is 0.355 e. The van der Waals surface area contributed by atoms with E-state index >= 15 is 0 Å². The maximum absolute atomic E-state index is 12.9. The highest BCUT2D eigenvalue weighted by molar-refractivity contribution is 6.05. The number of nitrogens with zero attached hydrogens (tertiary/aromatic N) is 5. The van der Waals surface area contributed by atoms with Crippen LogP contribution in [-0.4, -0.2) is 39.0 Å². The topological polar surface area (TPSA) is 75.9 Å². The Labute approximate surface area is 199 Å². The molecular formula is C27H28N6O. The van der Waals surface area contributed by atoms with Crippen molar-refractivity contribution < 1.29 is 4.79 Å². The zero-order valence-corrected chi connectivity index (χ0v) is 19.5. The SMILES string of the molecule is Cc1c(C(=O)Nc2ccc(-c3ccc(N4CCC(C)CC4)nn3)cc2)cnn1-c1ccccc1. The van der Waals surface area contributed by atoms with Gasteiger partial charge in [-0.1, -0.05) is 37.3 Å². The van der Waals surface area contributed by atoms with Crippen molar-refractivity contribution in [3.63, 3.8) is 0 Å². The molecule has 1 saturated heterocycles. The van der Waals surface area contributed by atoms with Gasteiger partial charge < -0.3 is 10.2 Å². The van der Waals surface area contributed by atoms with Gasteiger partial charge >= 0.3 is 0 Å². The Kier molecular flexibility index (Phi) is 6.08. The summed E-state index contributed by atoms with van der Waals surface area (Å²) >= 11 is 0. The van der Waals surface area contributed by atoms with E-state index in [9.17, 15) is 4.79 Å². The molecule has 1 fully saturated rings. The minimum absolute atomic E-state index is 0.188. The number of hydrogen-bond donors (Lipinski definition) is 1. The molecule has 0 unspecified atom stereocenters. The van der Waals surface area contributed by atoms with Gasteiger partial charge in [0.05, 0.1) is 28.8 Å². The molecule has 0 aliphatic carbocycles. The number of benzene rings is 2. The molecule has 7 heteroatoms. The number of carbonyl (C=O) groups is 1. The van der Waals surface area contributed by atoms with Crippen molar-refractivity contribution in [2.45, 2.75) is 26.7 Å². The van der Waals surface area contributed by atoms with Crippen LogP contribution >= 0.6 is 0 Å². The normalized spacial score (nSPS) is 14.2. The van der Waals surface area contributed by atoms with Crippen molar-refractivity contribution in [3.05, 3.63) is 84.2 Å². The van der Waals surface area contributed by atoms with E-state index in [0.717, 1.165) is 47.5 Å². The summed E-state index contributed by atoms with van der Waals surface area (Å²) in [5, 5.41) is 16.2. The summed E-state index contributed by atoms with van der Waals surface area (Å²) in [6.45, 7) is 6.27. The summed E-state index contributed by atoms with van der Waals surface area (Å²) in [7, 11) is 0. The van der Waals surface area contributed by atoms with Crippen LogP contribution in [0.3, 0.4) is 0 Å². The Morgan fingerprint density at radius 1 is 0.941 bits per heavy atom. The number of aromatic nitrogens is 4. The second-order valence-corrected chi connectivity index (χ2v) is 8.87. The van der Waals surface area contributed by atoms with E-state index in [2.05, 4.69) is 32.4 Å². The average molecular weight is 453 g/mol. The molecule has 0 saturated carbocycles. The highest BCUT2D eigenvalue weighted by atomic mass is 16.1. The molecular weight excluding hydrogens is 424 g/mol. The standard InChI is InChI=1S/C27H28N6O/c1-19-14-16-32(17-15-19)26-13-12-25(30-31-26)21-8-10-22(11-9-21)29-27(34)24-18-28-33(20(24)2)23-6-4-3-5-7-23/h3-13,18-19H,14-17H2,1-2H3,(H,29,34). The molecule has 2 aromatic heterocycles. The van der Waals surface area contributed by atoms with E-state index in [4.69, 9.17) is 0 Å². The molecule has 1 aliphatic rings. The molecule has 1 amide bonds. The fourth-order valence-corrected chi connectivity index (χ4v) is 4.27. The predicted octanol–water partition coefficient (Wildman–Crippen LogP) is 5.13. The predicted molar refractivity (Wildman–Crippen MR) is 134 cm³/mol. The van der Waals surface area contributed by atoms with Crippen molar-refractivity contribution in [2.75, 3.05) is 23.3 Å². The van der Waals surface area contributed by atoms with Crippen LogP contribution in [0.1, 0.15) is 35.8 Å². The van der Waals surface area contributed by atoms with E-state index in [1.54, 1.807) is 10.9 Å². The highest BCUT2D eigenvalue weighted by Gasteiger charge is 2.18. The van der Waals surface area contributed by atoms with Gasteiger partial charge in [-0.05, 0) is 62.1 Å². The Bertz CT molecular complexity index is 1260. The first-order valence-corrected chi connectivity index (χ1v) is 11.7. The summed E-state index contributed by atoms with van der Waals surface area (Å²) < 4.78 is 1.77. The summed E-state index contributed by atoms with van der Waals surface area (Å²) in [6.07, 6.45) is 4.00. The lowest BCUT2D eigenvalue weighted by atomic mass is 9.99. The van der Waals surface area contributed by atoms with E-state index in [1.807, 2.05) is 73.7 Å². The van der Waals surface area contributed by atoms with Gasteiger partial charge in [0.1, 0.15) is 0 Å². The molecule has 7 nitrogen and oxygen atoms in total. The monoisotopic (exact) mass is 452 g/mol. The minimum atomic E-state index is -0.188. The Morgan fingerprint density at radius 2 is 1.68 bits per heavy atom. The Balaban J connectivity index is 1.25. The summed E-state index contributed by atoms with van der Waals surface area (Å²) in [5.74, 6) is 1.53. The number of amides is 1. The van der Waals surface area contributed by atoms with E-state index in [-0.39, 0.29) is 5.91 Å². The molecule has 0 bridgehead atoms. The van der Waals surface area contributed by atoms with Crippen molar-refractivity contribution in [3.8, 4) is 16.9 Å². The van der Waals surface area contributed by atoms with Crippen LogP contribution in [-0.2, 0) is 0 Å². The Morgan fingerprint density at radius 3 is 2.35 bits per heavy atom. The number of nitrogens with one attached hydrogen (secondary N) is 1. The van der Waals surface area contributed by atoms with Gasteiger partial charge in [-0.15, -0.1) is 10.2 Å². The van der Waals surface area contributed by atoms with Crippen molar-refractivity contribution >= 4 is 17.4 Å². The lowest BCUT2D eigenvalue weighted by Gasteiger charge is -2.30. The number of piperidine rings is 1. The quantitative estimate of drug-likeness (QED) is 0.454. The lowest BCUT2D eigenvalue weighted by Crippen LogP contribution is -2.33. The fourth-order valence-electron chi connectivity index (χ4n) is 4.27. The second kappa shape index (κ2) is 9.47. The smallest absolute Gasteiger partial charge is 0.259 e. The molecule has 0 radical (unpaired) electrons. The zero-order valence-electron chi connectivity index (χ0n) is 19.5. The molecule has 1 aliphatic heterocycles. The van der Waals surface area contributed by atoms with Crippen LogP contribution in [0, 0.1) is 12.8 Å². The molecule has 1 N–H and O–H groups in total. The van der Waals surface area contributed by atoms with Crippen LogP contribution in [0.5, 0.6) is 0 Å². The van der Waals surface area contributed by atoms with Crippen LogP contribution in [0.25, 0.3) is 16.9 Å². The molecule has 172 valence electrons. The number of rotatable bonds is 5. The number of para-hydroxylation sites is 1. The van der Waals surface area contributed by atoms with Gasteiger partial charge in [-0.25, -0.2) is 4.68 Å². The number of carbonyl (C=O) groups excluding carboxylic acids is 1. The zero-order chi connectivity index (χ0) is 23.5. The van der Waals surface area contributed by atoms with Gasteiger partial charge in [0.2, 0.25) is 0 Å². The third-order valence-corrected chi connectivity index (χ3v) is 6.45. The fraction of sp³-hybridized carbons (Fsp3) is 0.259.